The van der Waals surface area contributed by atoms with Gasteiger partial charge in [0.25, 0.3) is 0 Å². The van der Waals surface area contributed by atoms with Crippen molar-refractivity contribution >= 4 is 17.9 Å². The fourth-order valence-corrected chi connectivity index (χ4v) is 2.88. The van der Waals surface area contributed by atoms with E-state index < -0.39 is 0 Å². The second kappa shape index (κ2) is 6.69. The number of rotatable bonds is 2. The molecule has 0 spiro atoms. The minimum atomic E-state index is -0.219. The lowest BCUT2D eigenvalue weighted by atomic mass is 10.2. The molecular weight excluding hydrogens is 246 g/mol. The normalized spacial score (nSPS) is 20.3. The standard InChI is InChI=1S/C14H19NO2S/c1-18-13-8-5-10-15(11-9-13)14(16)17-12-6-3-2-4-7-12/h2-4,6-7,13H,5,8-11H2,1H3. The highest BCUT2D eigenvalue weighted by Gasteiger charge is 2.21. The number of likely N-dealkylation sites (tertiary alicyclic amines) is 1. The Hall–Kier alpha value is -1.16. The van der Waals surface area contributed by atoms with E-state index in [2.05, 4.69) is 6.26 Å². The van der Waals surface area contributed by atoms with Crippen LogP contribution in [0.15, 0.2) is 30.3 Å². The minimum absolute atomic E-state index is 0.219. The Morgan fingerprint density at radius 3 is 2.78 bits per heavy atom. The van der Waals surface area contributed by atoms with Crippen LogP contribution in [0.2, 0.25) is 0 Å². The lowest BCUT2D eigenvalue weighted by Crippen LogP contribution is -2.34. The van der Waals surface area contributed by atoms with Crippen LogP contribution < -0.4 is 4.74 Å². The molecule has 2 rings (SSSR count). The van der Waals surface area contributed by atoms with Gasteiger partial charge in [-0.15, -0.1) is 0 Å². The Balaban J connectivity index is 1.89. The van der Waals surface area contributed by atoms with E-state index in [1.807, 2.05) is 34.9 Å². The molecule has 1 amide bonds. The van der Waals surface area contributed by atoms with Gasteiger partial charge in [0.1, 0.15) is 5.75 Å². The number of thioether (sulfide) groups is 1. The molecule has 0 bridgehead atoms. The van der Waals surface area contributed by atoms with Crippen LogP contribution in [0.5, 0.6) is 5.75 Å². The molecule has 0 N–H and O–H groups in total. The van der Waals surface area contributed by atoms with Crippen LogP contribution in [0, 0.1) is 0 Å². The SMILES string of the molecule is CSC1CCCN(C(=O)Oc2ccccc2)CC1. The highest BCUT2D eigenvalue weighted by molar-refractivity contribution is 7.99. The molecule has 3 nitrogen and oxygen atoms in total. The molecule has 18 heavy (non-hydrogen) atoms. The van der Waals surface area contributed by atoms with Crippen LogP contribution >= 0.6 is 11.8 Å². The summed E-state index contributed by atoms with van der Waals surface area (Å²) in [6.07, 6.45) is 5.24. The van der Waals surface area contributed by atoms with E-state index in [0.717, 1.165) is 25.9 Å². The number of ether oxygens (including phenoxy) is 1. The first-order valence-corrected chi connectivity index (χ1v) is 7.63. The van der Waals surface area contributed by atoms with Crippen molar-refractivity contribution in [2.24, 2.45) is 0 Å². The monoisotopic (exact) mass is 265 g/mol. The van der Waals surface area contributed by atoms with Crippen molar-refractivity contribution in [2.75, 3.05) is 19.3 Å². The Morgan fingerprint density at radius 2 is 2.06 bits per heavy atom. The van der Waals surface area contributed by atoms with E-state index in [1.165, 1.54) is 6.42 Å². The molecule has 0 aliphatic carbocycles. The minimum Gasteiger partial charge on any atom is -0.410 e. The predicted molar refractivity (Wildman–Crippen MR) is 75.2 cm³/mol. The maximum Gasteiger partial charge on any atom is 0.415 e. The Labute approximate surface area is 113 Å². The third-order valence-corrected chi connectivity index (χ3v) is 4.35. The summed E-state index contributed by atoms with van der Waals surface area (Å²) in [5.41, 5.74) is 0. The van der Waals surface area contributed by atoms with Crippen LogP contribution in [0.25, 0.3) is 0 Å². The predicted octanol–water partition coefficient (Wildman–Crippen LogP) is 3.40. The first-order valence-electron chi connectivity index (χ1n) is 6.34. The average Bonchev–Trinajstić information content (AvgIpc) is 2.65. The fourth-order valence-electron chi connectivity index (χ4n) is 2.14. The fraction of sp³-hybridized carbons (Fsp3) is 0.500. The van der Waals surface area contributed by atoms with Gasteiger partial charge in [-0.05, 0) is 37.7 Å². The van der Waals surface area contributed by atoms with Crippen LogP contribution in [0.3, 0.4) is 0 Å². The van der Waals surface area contributed by atoms with Gasteiger partial charge in [0.2, 0.25) is 0 Å². The number of para-hydroxylation sites is 1. The topological polar surface area (TPSA) is 29.5 Å². The molecule has 0 saturated carbocycles. The van der Waals surface area contributed by atoms with Crippen molar-refractivity contribution in [1.29, 1.82) is 0 Å². The van der Waals surface area contributed by atoms with E-state index >= 15 is 0 Å². The number of hydrogen-bond donors (Lipinski definition) is 0. The summed E-state index contributed by atoms with van der Waals surface area (Å²) in [5, 5.41) is 0.680. The third kappa shape index (κ3) is 3.67. The highest BCUT2D eigenvalue weighted by atomic mass is 32.2. The largest absolute Gasteiger partial charge is 0.415 e. The zero-order valence-corrected chi connectivity index (χ0v) is 11.5. The van der Waals surface area contributed by atoms with Gasteiger partial charge in [0, 0.05) is 18.3 Å². The molecule has 1 aromatic carbocycles. The average molecular weight is 265 g/mol. The lowest BCUT2D eigenvalue weighted by Gasteiger charge is -2.19. The summed E-state index contributed by atoms with van der Waals surface area (Å²) >= 11 is 1.90. The van der Waals surface area contributed by atoms with E-state index in [0.29, 0.717) is 11.0 Å². The number of benzene rings is 1. The Kier molecular flexibility index (Phi) is 4.93. The quantitative estimate of drug-likeness (QED) is 0.820. The van der Waals surface area contributed by atoms with Gasteiger partial charge >= 0.3 is 6.09 Å². The summed E-state index contributed by atoms with van der Waals surface area (Å²) in [4.78, 5) is 13.8. The molecule has 1 heterocycles. The van der Waals surface area contributed by atoms with Gasteiger partial charge in [0.15, 0.2) is 0 Å². The van der Waals surface area contributed by atoms with Crippen molar-refractivity contribution in [3.8, 4) is 5.75 Å². The molecule has 1 saturated heterocycles. The molecule has 0 aromatic heterocycles. The summed E-state index contributed by atoms with van der Waals surface area (Å²) in [5.74, 6) is 0.619. The van der Waals surface area contributed by atoms with Crippen LogP contribution in [-0.2, 0) is 0 Å². The number of amides is 1. The molecule has 1 unspecified atom stereocenters. The smallest absolute Gasteiger partial charge is 0.410 e. The van der Waals surface area contributed by atoms with Gasteiger partial charge in [0.05, 0.1) is 0 Å². The molecule has 1 aliphatic heterocycles. The second-order valence-corrected chi connectivity index (χ2v) is 5.59. The summed E-state index contributed by atoms with van der Waals surface area (Å²) in [6, 6.07) is 9.26. The van der Waals surface area contributed by atoms with Crippen molar-refractivity contribution in [3.05, 3.63) is 30.3 Å². The third-order valence-electron chi connectivity index (χ3n) is 3.22. The van der Waals surface area contributed by atoms with Gasteiger partial charge < -0.3 is 9.64 Å². The van der Waals surface area contributed by atoms with Gasteiger partial charge in [-0.3, -0.25) is 0 Å². The first-order chi connectivity index (χ1) is 8.79. The van der Waals surface area contributed by atoms with Gasteiger partial charge in [-0.25, -0.2) is 4.79 Å². The zero-order chi connectivity index (χ0) is 12.8. The summed E-state index contributed by atoms with van der Waals surface area (Å²) in [7, 11) is 0. The summed E-state index contributed by atoms with van der Waals surface area (Å²) < 4.78 is 5.36. The molecule has 0 radical (unpaired) electrons. The summed E-state index contributed by atoms with van der Waals surface area (Å²) in [6.45, 7) is 1.61. The first kappa shape index (κ1) is 13.3. The second-order valence-electron chi connectivity index (χ2n) is 4.46. The molecule has 1 fully saturated rings. The Bertz CT molecular complexity index is 383. The number of hydrogen-bond acceptors (Lipinski definition) is 3. The maximum atomic E-state index is 12.0. The Morgan fingerprint density at radius 1 is 1.28 bits per heavy atom. The highest BCUT2D eigenvalue weighted by Crippen LogP contribution is 2.21. The van der Waals surface area contributed by atoms with Crippen molar-refractivity contribution in [2.45, 2.75) is 24.5 Å². The van der Waals surface area contributed by atoms with Crippen LogP contribution in [0.4, 0.5) is 4.79 Å². The van der Waals surface area contributed by atoms with Crippen molar-refractivity contribution in [3.63, 3.8) is 0 Å². The number of carbonyl (C=O) groups excluding carboxylic acids is 1. The van der Waals surface area contributed by atoms with Crippen molar-refractivity contribution in [1.82, 2.24) is 4.90 Å². The lowest BCUT2D eigenvalue weighted by molar-refractivity contribution is 0.154. The molecule has 1 aliphatic rings. The van der Waals surface area contributed by atoms with Crippen LogP contribution in [0.1, 0.15) is 19.3 Å². The van der Waals surface area contributed by atoms with Crippen LogP contribution in [-0.4, -0.2) is 35.6 Å². The molecule has 4 heteroatoms. The molecule has 1 aromatic rings. The molecule has 1 atom stereocenters. The zero-order valence-electron chi connectivity index (χ0n) is 10.7. The van der Waals surface area contributed by atoms with E-state index in [1.54, 1.807) is 12.1 Å². The van der Waals surface area contributed by atoms with Gasteiger partial charge in [-0.1, -0.05) is 18.2 Å². The van der Waals surface area contributed by atoms with Crippen molar-refractivity contribution < 1.29 is 9.53 Å². The maximum absolute atomic E-state index is 12.0. The number of nitrogens with zero attached hydrogens (tertiary/aromatic N) is 1. The molecule has 98 valence electrons. The van der Waals surface area contributed by atoms with E-state index in [-0.39, 0.29) is 6.09 Å². The number of carbonyl (C=O) groups is 1. The van der Waals surface area contributed by atoms with E-state index in [9.17, 15) is 4.79 Å². The molecular formula is C14H19NO2S. The van der Waals surface area contributed by atoms with E-state index in [4.69, 9.17) is 4.74 Å². The van der Waals surface area contributed by atoms with Gasteiger partial charge in [-0.2, -0.15) is 11.8 Å².